The van der Waals surface area contributed by atoms with Gasteiger partial charge in [-0.2, -0.15) is 0 Å². The molecule has 1 aromatic heterocycles. The lowest BCUT2D eigenvalue weighted by Crippen LogP contribution is -2.30. The van der Waals surface area contributed by atoms with E-state index >= 15 is 0 Å². The third-order valence-corrected chi connectivity index (χ3v) is 3.46. The first-order valence-electron chi connectivity index (χ1n) is 6.88. The fourth-order valence-corrected chi connectivity index (χ4v) is 2.92. The average Bonchev–Trinajstić information content (AvgIpc) is 2.28. The fourth-order valence-electron chi connectivity index (χ4n) is 2.92. The van der Waals surface area contributed by atoms with Gasteiger partial charge in [-0.05, 0) is 38.0 Å². The fraction of sp³-hybridized carbons (Fsp3) is 0.714. The van der Waals surface area contributed by atoms with E-state index in [-0.39, 0.29) is 0 Å². The van der Waals surface area contributed by atoms with Crippen molar-refractivity contribution < 1.29 is 4.74 Å². The van der Waals surface area contributed by atoms with Crippen LogP contribution < -0.4 is 10.1 Å². The second-order valence-electron chi connectivity index (χ2n) is 5.43. The van der Waals surface area contributed by atoms with Crippen LogP contribution in [-0.2, 0) is 0 Å². The Hall–Kier alpha value is -1.32. The van der Waals surface area contributed by atoms with Gasteiger partial charge < -0.3 is 10.1 Å². The number of hydrogen-bond acceptors (Lipinski definition) is 4. The lowest BCUT2D eigenvalue weighted by atomic mass is 9.80. The molecule has 1 aromatic rings. The zero-order chi connectivity index (χ0) is 13.0. The molecule has 2 unspecified atom stereocenters. The van der Waals surface area contributed by atoms with Crippen molar-refractivity contribution in [3.8, 4) is 5.88 Å². The molecular weight excluding hydrogens is 226 g/mol. The number of ether oxygens (including phenoxy) is 1. The summed E-state index contributed by atoms with van der Waals surface area (Å²) in [6.07, 6.45) is 5.34. The molecule has 1 aliphatic carbocycles. The highest BCUT2D eigenvalue weighted by molar-refractivity contribution is 5.38. The topological polar surface area (TPSA) is 47.0 Å². The number of nitrogens with zero attached hydrogens (tertiary/aromatic N) is 2. The van der Waals surface area contributed by atoms with Gasteiger partial charge in [-0.15, -0.1) is 0 Å². The van der Waals surface area contributed by atoms with E-state index in [1.165, 1.54) is 19.3 Å². The molecule has 18 heavy (non-hydrogen) atoms. The quantitative estimate of drug-likeness (QED) is 0.890. The van der Waals surface area contributed by atoms with Crippen LogP contribution in [0, 0.1) is 11.8 Å². The van der Waals surface area contributed by atoms with Crippen LogP contribution in [0.4, 0.5) is 5.82 Å². The van der Waals surface area contributed by atoms with Crippen LogP contribution in [0.1, 0.15) is 40.0 Å². The van der Waals surface area contributed by atoms with Gasteiger partial charge in [0, 0.05) is 12.1 Å². The third-order valence-electron chi connectivity index (χ3n) is 3.46. The van der Waals surface area contributed by atoms with E-state index in [4.69, 9.17) is 4.74 Å². The molecule has 4 nitrogen and oxygen atoms in total. The van der Waals surface area contributed by atoms with Crippen molar-refractivity contribution >= 4 is 5.82 Å². The Morgan fingerprint density at radius 1 is 1.22 bits per heavy atom. The summed E-state index contributed by atoms with van der Waals surface area (Å²) in [5.74, 6) is 3.10. The molecule has 0 aliphatic heterocycles. The van der Waals surface area contributed by atoms with Gasteiger partial charge >= 0.3 is 0 Å². The van der Waals surface area contributed by atoms with Gasteiger partial charge in [-0.25, -0.2) is 9.97 Å². The Morgan fingerprint density at radius 3 is 2.61 bits per heavy atom. The van der Waals surface area contributed by atoms with Gasteiger partial charge in [0.05, 0.1) is 6.61 Å². The van der Waals surface area contributed by atoms with Gasteiger partial charge in [0.2, 0.25) is 5.88 Å². The highest BCUT2D eigenvalue weighted by Crippen LogP contribution is 2.30. The SMILES string of the molecule is CCOc1cc(NC2CC(C)CC(C)C2)ncn1. The maximum absolute atomic E-state index is 5.39. The number of aromatic nitrogens is 2. The summed E-state index contributed by atoms with van der Waals surface area (Å²) in [7, 11) is 0. The van der Waals surface area contributed by atoms with Crippen LogP contribution in [0.25, 0.3) is 0 Å². The summed E-state index contributed by atoms with van der Waals surface area (Å²) in [5, 5.41) is 3.51. The Bertz CT molecular complexity index is 373. The molecule has 2 rings (SSSR count). The largest absolute Gasteiger partial charge is 0.478 e. The maximum Gasteiger partial charge on any atom is 0.218 e. The van der Waals surface area contributed by atoms with E-state index in [9.17, 15) is 0 Å². The summed E-state index contributed by atoms with van der Waals surface area (Å²) in [5.41, 5.74) is 0. The van der Waals surface area contributed by atoms with Gasteiger partial charge in [-0.3, -0.25) is 0 Å². The first kappa shape index (κ1) is 13.1. The standard InChI is InChI=1S/C14H23N3O/c1-4-18-14-8-13(15-9-16-14)17-12-6-10(2)5-11(3)7-12/h8-12H,4-7H2,1-3H3,(H,15,16,17). The number of nitrogens with one attached hydrogen (secondary N) is 1. The number of anilines is 1. The molecular formula is C14H23N3O. The van der Waals surface area contributed by atoms with Crippen LogP contribution in [-0.4, -0.2) is 22.6 Å². The van der Waals surface area contributed by atoms with Crippen molar-refractivity contribution in [1.82, 2.24) is 9.97 Å². The smallest absolute Gasteiger partial charge is 0.218 e. The van der Waals surface area contributed by atoms with E-state index in [2.05, 4.69) is 29.1 Å². The van der Waals surface area contributed by atoms with E-state index in [1.54, 1.807) is 6.33 Å². The minimum Gasteiger partial charge on any atom is -0.478 e. The Labute approximate surface area is 109 Å². The molecule has 0 spiro atoms. The van der Waals surface area contributed by atoms with Crippen LogP contribution in [0.3, 0.4) is 0 Å². The molecule has 0 saturated heterocycles. The summed E-state index contributed by atoms with van der Waals surface area (Å²) in [6.45, 7) is 7.25. The molecule has 1 heterocycles. The van der Waals surface area contributed by atoms with E-state index in [0.717, 1.165) is 17.7 Å². The molecule has 1 N–H and O–H groups in total. The van der Waals surface area contributed by atoms with E-state index < -0.39 is 0 Å². The summed E-state index contributed by atoms with van der Waals surface area (Å²) >= 11 is 0. The summed E-state index contributed by atoms with van der Waals surface area (Å²) in [6, 6.07) is 2.40. The molecule has 0 bridgehead atoms. The van der Waals surface area contributed by atoms with Gasteiger partial charge in [0.1, 0.15) is 12.1 Å². The van der Waals surface area contributed by atoms with Crippen molar-refractivity contribution in [2.24, 2.45) is 11.8 Å². The molecule has 0 radical (unpaired) electrons. The molecule has 4 heteroatoms. The molecule has 1 fully saturated rings. The molecule has 0 amide bonds. The summed E-state index contributed by atoms with van der Waals surface area (Å²) < 4.78 is 5.39. The molecule has 1 saturated carbocycles. The zero-order valence-corrected chi connectivity index (χ0v) is 11.5. The van der Waals surface area contributed by atoms with Gasteiger partial charge in [0.25, 0.3) is 0 Å². The number of rotatable bonds is 4. The Morgan fingerprint density at radius 2 is 1.94 bits per heavy atom. The molecule has 0 aromatic carbocycles. The van der Waals surface area contributed by atoms with Crippen molar-refractivity contribution in [2.75, 3.05) is 11.9 Å². The van der Waals surface area contributed by atoms with Gasteiger partial charge in [0.15, 0.2) is 0 Å². The lowest BCUT2D eigenvalue weighted by molar-refractivity contribution is 0.280. The Balaban J connectivity index is 1.97. The summed E-state index contributed by atoms with van der Waals surface area (Å²) in [4.78, 5) is 8.34. The normalized spacial score (nSPS) is 27.8. The van der Waals surface area contributed by atoms with Gasteiger partial charge in [-0.1, -0.05) is 13.8 Å². The van der Waals surface area contributed by atoms with E-state index in [1.807, 2.05) is 13.0 Å². The van der Waals surface area contributed by atoms with Crippen LogP contribution >= 0.6 is 0 Å². The molecule has 1 aliphatic rings. The maximum atomic E-state index is 5.39. The van der Waals surface area contributed by atoms with Crippen LogP contribution in [0.15, 0.2) is 12.4 Å². The highest BCUT2D eigenvalue weighted by atomic mass is 16.5. The second-order valence-corrected chi connectivity index (χ2v) is 5.43. The van der Waals surface area contributed by atoms with Crippen LogP contribution in [0.5, 0.6) is 5.88 Å². The first-order valence-corrected chi connectivity index (χ1v) is 6.88. The highest BCUT2D eigenvalue weighted by Gasteiger charge is 2.23. The Kier molecular flexibility index (Phi) is 4.39. The second kappa shape index (κ2) is 6.03. The lowest BCUT2D eigenvalue weighted by Gasteiger charge is -2.32. The van der Waals surface area contributed by atoms with Crippen molar-refractivity contribution in [1.29, 1.82) is 0 Å². The number of hydrogen-bond donors (Lipinski definition) is 1. The zero-order valence-electron chi connectivity index (χ0n) is 11.5. The van der Waals surface area contributed by atoms with Crippen molar-refractivity contribution in [2.45, 2.75) is 46.1 Å². The minimum absolute atomic E-state index is 0.521. The minimum atomic E-state index is 0.521. The van der Waals surface area contributed by atoms with Crippen molar-refractivity contribution in [3.63, 3.8) is 0 Å². The van der Waals surface area contributed by atoms with Crippen LogP contribution in [0.2, 0.25) is 0 Å². The monoisotopic (exact) mass is 249 g/mol. The third kappa shape index (κ3) is 3.59. The predicted octanol–water partition coefficient (Wildman–Crippen LogP) is 3.11. The first-order chi connectivity index (χ1) is 8.67. The molecule has 100 valence electrons. The van der Waals surface area contributed by atoms with Crippen molar-refractivity contribution in [3.05, 3.63) is 12.4 Å². The average molecular weight is 249 g/mol. The van der Waals surface area contributed by atoms with E-state index in [0.29, 0.717) is 18.5 Å². The molecule has 2 atom stereocenters. The predicted molar refractivity (Wildman–Crippen MR) is 72.8 cm³/mol.